The fourth-order valence-corrected chi connectivity index (χ4v) is 1.51. The van der Waals surface area contributed by atoms with E-state index >= 15 is 0 Å². The molecule has 0 aromatic heterocycles. The fraction of sp³-hybridized carbons (Fsp3) is 0.778. The minimum absolute atomic E-state index is 0. The van der Waals surface area contributed by atoms with Crippen molar-refractivity contribution in [1.82, 2.24) is 0 Å². The van der Waals surface area contributed by atoms with Gasteiger partial charge in [-0.2, -0.15) is 0 Å². The molecular weight excluding hydrogens is 186 g/mol. The SMILES string of the molecule is CCC(C(=O)[O-])(C(=O)[O-])C(C)(C)C.[Li+].[Li+]. The maximum Gasteiger partial charge on any atom is 1.00 e. The molecule has 0 heterocycles. The van der Waals surface area contributed by atoms with E-state index in [9.17, 15) is 19.8 Å². The van der Waals surface area contributed by atoms with Gasteiger partial charge in [-0.15, -0.1) is 0 Å². The molecule has 0 saturated carbocycles. The summed E-state index contributed by atoms with van der Waals surface area (Å²) in [5.74, 6) is -3.16. The van der Waals surface area contributed by atoms with E-state index < -0.39 is 22.8 Å². The van der Waals surface area contributed by atoms with Crippen LogP contribution in [0.15, 0.2) is 0 Å². The molecule has 0 saturated heterocycles. The van der Waals surface area contributed by atoms with E-state index in [1.165, 1.54) is 6.92 Å². The van der Waals surface area contributed by atoms with Gasteiger partial charge in [0.1, 0.15) is 0 Å². The van der Waals surface area contributed by atoms with Crippen molar-refractivity contribution in [1.29, 1.82) is 0 Å². The summed E-state index contributed by atoms with van der Waals surface area (Å²) in [4.78, 5) is 21.6. The average molecular weight is 200 g/mol. The predicted molar refractivity (Wildman–Crippen MR) is 42.2 cm³/mol. The first-order valence-electron chi connectivity index (χ1n) is 4.13. The second-order valence-electron chi connectivity index (χ2n) is 4.08. The normalized spacial score (nSPS) is 10.9. The number of carboxylic acids is 2. The molecule has 0 aliphatic heterocycles. The largest absolute Gasteiger partial charge is 1.00 e. The van der Waals surface area contributed by atoms with Gasteiger partial charge in [0.05, 0.1) is 17.4 Å². The zero-order chi connectivity index (χ0) is 10.9. The first-order valence-corrected chi connectivity index (χ1v) is 4.13. The summed E-state index contributed by atoms with van der Waals surface area (Å²) >= 11 is 0. The van der Waals surface area contributed by atoms with Crippen LogP contribution in [-0.2, 0) is 9.59 Å². The van der Waals surface area contributed by atoms with Crippen LogP contribution in [0.5, 0.6) is 0 Å². The molecule has 0 aromatic carbocycles. The van der Waals surface area contributed by atoms with Gasteiger partial charge >= 0.3 is 37.7 Å². The van der Waals surface area contributed by atoms with Crippen molar-refractivity contribution in [2.24, 2.45) is 10.8 Å². The molecule has 0 aliphatic rings. The fourth-order valence-electron chi connectivity index (χ4n) is 1.51. The van der Waals surface area contributed by atoms with Gasteiger partial charge in [-0.25, -0.2) is 0 Å². The summed E-state index contributed by atoms with van der Waals surface area (Å²) in [7, 11) is 0. The van der Waals surface area contributed by atoms with Gasteiger partial charge in [-0.05, 0) is 11.8 Å². The van der Waals surface area contributed by atoms with Crippen LogP contribution in [0, 0.1) is 10.8 Å². The van der Waals surface area contributed by atoms with E-state index in [1.54, 1.807) is 20.8 Å². The third-order valence-corrected chi connectivity index (χ3v) is 2.51. The standard InChI is InChI=1S/C9H16O4.2Li/c1-5-9(6(10)11,7(12)13)8(2,3)4;;/h5H2,1-4H3,(H,10,11)(H,12,13);;/q;2*+1/p-2. The topological polar surface area (TPSA) is 80.3 Å². The molecule has 6 heteroatoms. The Hall–Kier alpha value is 0.135. The Kier molecular flexibility index (Phi) is 9.12. The van der Waals surface area contributed by atoms with Crippen LogP contribution in [0.25, 0.3) is 0 Å². The van der Waals surface area contributed by atoms with Crippen molar-refractivity contribution < 1.29 is 57.5 Å². The Morgan fingerprint density at radius 3 is 1.27 bits per heavy atom. The second kappa shape index (κ2) is 6.66. The molecule has 0 amide bonds. The van der Waals surface area contributed by atoms with Crippen LogP contribution < -0.4 is 47.9 Å². The monoisotopic (exact) mass is 200 g/mol. The van der Waals surface area contributed by atoms with Gasteiger partial charge in [0.25, 0.3) is 0 Å². The number of rotatable bonds is 3. The van der Waals surface area contributed by atoms with E-state index in [2.05, 4.69) is 0 Å². The zero-order valence-electron chi connectivity index (χ0n) is 10.3. The quantitative estimate of drug-likeness (QED) is 0.335. The van der Waals surface area contributed by atoms with Crippen molar-refractivity contribution in [3.8, 4) is 0 Å². The van der Waals surface area contributed by atoms with Crippen molar-refractivity contribution in [2.45, 2.75) is 34.1 Å². The zero-order valence-corrected chi connectivity index (χ0v) is 10.3. The van der Waals surface area contributed by atoms with Gasteiger partial charge in [0, 0.05) is 0 Å². The molecule has 0 unspecified atom stereocenters. The van der Waals surface area contributed by atoms with E-state index in [-0.39, 0.29) is 44.1 Å². The predicted octanol–water partition coefficient (Wildman–Crippen LogP) is -7.06. The molecule has 0 radical (unpaired) electrons. The Morgan fingerprint density at radius 2 is 1.27 bits per heavy atom. The van der Waals surface area contributed by atoms with E-state index in [0.717, 1.165) is 0 Å². The van der Waals surface area contributed by atoms with Crippen LogP contribution in [0.3, 0.4) is 0 Å². The second-order valence-corrected chi connectivity index (χ2v) is 4.08. The molecule has 0 aromatic rings. The van der Waals surface area contributed by atoms with Gasteiger partial charge < -0.3 is 19.8 Å². The molecule has 0 spiro atoms. The summed E-state index contributed by atoms with van der Waals surface area (Å²) in [6, 6.07) is 0. The number of hydrogen-bond donors (Lipinski definition) is 0. The van der Waals surface area contributed by atoms with E-state index in [1.807, 2.05) is 0 Å². The summed E-state index contributed by atoms with van der Waals surface area (Å²) in [5, 5.41) is 21.6. The minimum Gasteiger partial charge on any atom is -0.549 e. The molecular formula is C9H14Li2O4. The van der Waals surface area contributed by atoms with Crippen LogP contribution in [0.1, 0.15) is 34.1 Å². The molecule has 0 atom stereocenters. The van der Waals surface area contributed by atoms with Crippen LogP contribution in [0.2, 0.25) is 0 Å². The van der Waals surface area contributed by atoms with Crippen LogP contribution in [0.4, 0.5) is 0 Å². The molecule has 0 N–H and O–H groups in total. The van der Waals surface area contributed by atoms with Crippen molar-refractivity contribution in [2.75, 3.05) is 0 Å². The molecule has 15 heavy (non-hydrogen) atoms. The molecule has 0 aliphatic carbocycles. The van der Waals surface area contributed by atoms with Gasteiger partial charge in [-0.3, -0.25) is 0 Å². The third-order valence-electron chi connectivity index (χ3n) is 2.51. The van der Waals surface area contributed by atoms with Crippen LogP contribution >= 0.6 is 0 Å². The average Bonchev–Trinajstić information content (AvgIpc) is 1.83. The Balaban J connectivity index is -0.000000720. The molecule has 0 rings (SSSR count). The van der Waals surface area contributed by atoms with E-state index in [0.29, 0.717) is 0 Å². The number of carbonyl (C=O) groups excluding carboxylic acids is 2. The number of aliphatic carboxylic acids is 2. The van der Waals surface area contributed by atoms with Gasteiger partial charge in [0.2, 0.25) is 0 Å². The Labute approximate surface area is 114 Å². The maximum atomic E-state index is 10.8. The Morgan fingerprint density at radius 1 is 1.00 bits per heavy atom. The van der Waals surface area contributed by atoms with E-state index in [4.69, 9.17) is 0 Å². The van der Waals surface area contributed by atoms with Gasteiger partial charge in [-0.1, -0.05) is 27.7 Å². The van der Waals surface area contributed by atoms with Crippen molar-refractivity contribution in [3.05, 3.63) is 0 Å². The number of carboxylic acid groups (broad SMARTS) is 2. The summed E-state index contributed by atoms with van der Waals surface area (Å²) in [6.07, 6.45) is -0.0405. The number of carbonyl (C=O) groups is 2. The Bertz CT molecular complexity index is 219. The summed E-state index contributed by atoms with van der Waals surface area (Å²) in [6.45, 7) is 6.13. The van der Waals surface area contributed by atoms with Crippen molar-refractivity contribution in [3.63, 3.8) is 0 Å². The van der Waals surface area contributed by atoms with Gasteiger partial charge in [0.15, 0.2) is 0 Å². The van der Waals surface area contributed by atoms with Crippen LogP contribution in [-0.4, -0.2) is 11.9 Å². The molecule has 4 nitrogen and oxygen atoms in total. The first kappa shape index (κ1) is 20.5. The first-order chi connectivity index (χ1) is 5.70. The summed E-state index contributed by atoms with van der Waals surface area (Å²) in [5.41, 5.74) is -2.83. The molecule has 0 fully saturated rings. The third kappa shape index (κ3) is 3.57. The van der Waals surface area contributed by atoms with Crippen molar-refractivity contribution >= 4 is 11.9 Å². The number of hydrogen-bond acceptors (Lipinski definition) is 4. The smallest absolute Gasteiger partial charge is 0.549 e. The summed E-state index contributed by atoms with van der Waals surface area (Å²) < 4.78 is 0. The minimum atomic E-state index is -1.91. The maximum absolute atomic E-state index is 10.8. The molecule has 76 valence electrons. The molecule has 0 bridgehead atoms.